The molecule has 2 aromatic rings. The quantitative estimate of drug-likeness (QED) is 0.576. The van der Waals surface area contributed by atoms with E-state index in [1.165, 1.54) is 24.0 Å². The summed E-state index contributed by atoms with van der Waals surface area (Å²) in [6.07, 6.45) is 5.25. The van der Waals surface area contributed by atoms with Crippen molar-refractivity contribution < 1.29 is 18.7 Å². The highest BCUT2D eigenvalue weighted by molar-refractivity contribution is 5.89. The van der Waals surface area contributed by atoms with Crippen molar-refractivity contribution in [1.29, 1.82) is 0 Å². The van der Waals surface area contributed by atoms with E-state index < -0.39 is 5.97 Å². The van der Waals surface area contributed by atoms with E-state index in [1.54, 1.807) is 12.1 Å². The summed E-state index contributed by atoms with van der Waals surface area (Å²) in [5.74, 6) is 0.209. The van der Waals surface area contributed by atoms with Crippen LogP contribution < -0.4 is 5.32 Å². The Hall–Kier alpha value is -2.82. The van der Waals surface area contributed by atoms with Crippen molar-refractivity contribution in [1.82, 2.24) is 5.32 Å². The van der Waals surface area contributed by atoms with Crippen molar-refractivity contribution in [2.45, 2.75) is 33.2 Å². The minimum atomic E-state index is -0.595. The molecule has 0 aliphatic carbocycles. The average molecular weight is 355 g/mol. The molecule has 0 bridgehead atoms. The lowest BCUT2D eigenvalue weighted by Gasteiger charge is -2.15. The zero-order valence-corrected chi connectivity index (χ0v) is 15.4. The summed E-state index contributed by atoms with van der Waals surface area (Å²) in [6, 6.07) is 11.5. The molecule has 1 aromatic carbocycles. The Labute approximate surface area is 154 Å². The Balaban J connectivity index is 1.76. The van der Waals surface area contributed by atoms with Crippen LogP contribution in [0.1, 0.15) is 43.7 Å². The monoisotopic (exact) mass is 355 g/mol. The first-order valence-electron chi connectivity index (χ1n) is 8.70. The lowest BCUT2D eigenvalue weighted by molar-refractivity contribution is -0.144. The van der Waals surface area contributed by atoms with Gasteiger partial charge in [-0.1, -0.05) is 38.1 Å². The highest BCUT2D eigenvalue weighted by Gasteiger charge is 2.11. The third-order valence-corrected chi connectivity index (χ3v) is 3.77. The molecular weight excluding hydrogens is 330 g/mol. The van der Waals surface area contributed by atoms with Gasteiger partial charge in [-0.25, -0.2) is 4.79 Å². The Morgan fingerprint density at radius 3 is 2.50 bits per heavy atom. The number of carbonyl (C=O) groups is 2. The second kappa shape index (κ2) is 9.61. The van der Waals surface area contributed by atoms with Crippen LogP contribution in [0.15, 0.2) is 53.2 Å². The first kappa shape index (κ1) is 19.5. The standard InChI is InChI=1S/C21H25NO4/c1-15(2)13-17-6-8-18(9-7-17)16(3)22-20(23)14-26-21(24)11-10-19-5-4-12-25-19/h4-12,15-16H,13-14H2,1-3H3,(H,22,23)/b11-10+/t16-/m0/s1. The summed E-state index contributed by atoms with van der Waals surface area (Å²) in [4.78, 5) is 23.5. The Morgan fingerprint density at radius 1 is 1.15 bits per heavy atom. The lowest BCUT2D eigenvalue weighted by Crippen LogP contribution is -2.30. The topological polar surface area (TPSA) is 68.5 Å². The van der Waals surface area contributed by atoms with Gasteiger partial charge in [-0.3, -0.25) is 4.79 Å². The molecule has 0 spiro atoms. The fraction of sp³-hybridized carbons (Fsp3) is 0.333. The molecule has 0 saturated heterocycles. The minimum absolute atomic E-state index is 0.159. The van der Waals surface area contributed by atoms with Crippen molar-refractivity contribution in [3.05, 3.63) is 65.6 Å². The fourth-order valence-electron chi connectivity index (χ4n) is 2.50. The number of hydrogen-bond acceptors (Lipinski definition) is 4. The molecular formula is C21H25NO4. The highest BCUT2D eigenvalue weighted by atomic mass is 16.5. The van der Waals surface area contributed by atoms with Gasteiger partial charge in [0.1, 0.15) is 5.76 Å². The maximum absolute atomic E-state index is 11.9. The van der Waals surface area contributed by atoms with E-state index in [0.29, 0.717) is 11.7 Å². The zero-order valence-electron chi connectivity index (χ0n) is 15.4. The van der Waals surface area contributed by atoms with Gasteiger partial charge in [0.05, 0.1) is 12.3 Å². The second-order valence-corrected chi connectivity index (χ2v) is 6.59. The minimum Gasteiger partial charge on any atom is -0.465 e. The van der Waals surface area contributed by atoms with E-state index in [0.717, 1.165) is 12.0 Å². The fourth-order valence-corrected chi connectivity index (χ4v) is 2.50. The number of furan rings is 1. The molecule has 0 aliphatic heterocycles. The van der Waals surface area contributed by atoms with Crippen molar-refractivity contribution in [3.63, 3.8) is 0 Å². The second-order valence-electron chi connectivity index (χ2n) is 6.59. The van der Waals surface area contributed by atoms with Crippen LogP contribution in [0.5, 0.6) is 0 Å². The van der Waals surface area contributed by atoms with Crippen molar-refractivity contribution in [2.75, 3.05) is 6.61 Å². The molecule has 0 aliphatic rings. The Kier molecular flexibility index (Phi) is 7.21. The molecule has 5 nitrogen and oxygen atoms in total. The first-order valence-corrected chi connectivity index (χ1v) is 8.70. The number of carbonyl (C=O) groups excluding carboxylic acids is 2. The Morgan fingerprint density at radius 2 is 1.88 bits per heavy atom. The number of nitrogens with one attached hydrogen (secondary N) is 1. The van der Waals surface area contributed by atoms with Crippen LogP contribution in [-0.2, 0) is 20.7 Å². The van der Waals surface area contributed by atoms with E-state index in [9.17, 15) is 9.59 Å². The SMILES string of the molecule is CC(C)Cc1ccc([C@H](C)NC(=O)COC(=O)/C=C/c2ccco2)cc1. The zero-order chi connectivity index (χ0) is 18.9. The summed E-state index contributed by atoms with van der Waals surface area (Å²) in [7, 11) is 0. The summed E-state index contributed by atoms with van der Waals surface area (Å²) in [5, 5.41) is 2.82. The van der Waals surface area contributed by atoms with Crippen LogP contribution in [0.4, 0.5) is 0 Å². The smallest absolute Gasteiger partial charge is 0.331 e. The maximum atomic E-state index is 11.9. The average Bonchev–Trinajstić information content (AvgIpc) is 3.11. The maximum Gasteiger partial charge on any atom is 0.331 e. The van der Waals surface area contributed by atoms with E-state index in [2.05, 4.69) is 31.3 Å². The number of hydrogen-bond donors (Lipinski definition) is 1. The highest BCUT2D eigenvalue weighted by Crippen LogP contribution is 2.15. The third-order valence-electron chi connectivity index (χ3n) is 3.77. The largest absolute Gasteiger partial charge is 0.465 e. The lowest BCUT2D eigenvalue weighted by atomic mass is 10.00. The van der Waals surface area contributed by atoms with Gasteiger partial charge >= 0.3 is 5.97 Å². The molecule has 2 rings (SSSR count). The van der Waals surface area contributed by atoms with Gasteiger partial charge in [0, 0.05) is 6.08 Å². The van der Waals surface area contributed by atoms with Gasteiger partial charge in [-0.05, 0) is 48.6 Å². The number of esters is 1. The molecule has 5 heteroatoms. The molecule has 1 heterocycles. The van der Waals surface area contributed by atoms with E-state index >= 15 is 0 Å². The van der Waals surface area contributed by atoms with Crippen LogP contribution in [0.2, 0.25) is 0 Å². The van der Waals surface area contributed by atoms with Crippen LogP contribution in [0, 0.1) is 5.92 Å². The van der Waals surface area contributed by atoms with Crippen LogP contribution in [-0.4, -0.2) is 18.5 Å². The van der Waals surface area contributed by atoms with Gasteiger partial charge in [0.25, 0.3) is 5.91 Å². The predicted octanol–water partition coefficient (Wildman–Crippen LogP) is 3.91. The van der Waals surface area contributed by atoms with Gasteiger partial charge in [-0.2, -0.15) is 0 Å². The van der Waals surface area contributed by atoms with Gasteiger partial charge < -0.3 is 14.5 Å². The van der Waals surface area contributed by atoms with E-state index in [-0.39, 0.29) is 18.6 Å². The molecule has 1 atom stereocenters. The van der Waals surface area contributed by atoms with Gasteiger partial charge in [0.15, 0.2) is 6.61 Å². The molecule has 26 heavy (non-hydrogen) atoms. The molecule has 0 radical (unpaired) electrons. The number of rotatable bonds is 8. The molecule has 0 saturated carbocycles. The van der Waals surface area contributed by atoms with Crippen molar-refractivity contribution >= 4 is 18.0 Å². The van der Waals surface area contributed by atoms with E-state index in [4.69, 9.17) is 9.15 Å². The third kappa shape index (κ3) is 6.59. The van der Waals surface area contributed by atoms with Gasteiger partial charge in [0.2, 0.25) is 0 Å². The summed E-state index contributed by atoms with van der Waals surface area (Å²) in [5.41, 5.74) is 2.29. The van der Waals surface area contributed by atoms with Crippen LogP contribution in [0.3, 0.4) is 0 Å². The molecule has 1 amide bonds. The van der Waals surface area contributed by atoms with Crippen LogP contribution in [0.25, 0.3) is 6.08 Å². The van der Waals surface area contributed by atoms with Crippen molar-refractivity contribution in [3.8, 4) is 0 Å². The summed E-state index contributed by atoms with van der Waals surface area (Å²) >= 11 is 0. The van der Waals surface area contributed by atoms with Crippen molar-refractivity contribution in [2.24, 2.45) is 5.92 Å². The van der Waals surface area contributed by atoms with Crippen LogP contribution >= 0.6 is 0 Å². The molecule has 138 valence electrons. The normalized spacial score (nSPS) is 12.3. The molecule has 1 aromatic heterocycles. The molecule has 0 unspecified atom stereocenters. The van der Waals surface area contributed by atoms with E-state index in [1.807, 2.05) is 19.1 Å². The first-order chi connectivity index (χ1) is 12.4. The van der Waals surface area contributed by atoms with Gasteiger partial charge in [-0.15, -0.1) is 0 Å². The number of ether oxygens (including phenoxy) is 1. The summed E-state index contributed by atoms with van der Waals surface area (Å²) in [6.45, 7) is 5.94. The molecule has 0 fully saturated rings. The number of benzene rings is 1. The Bertz CT molecular complexity index is 730. The number of amides is 1. The molecule has 1 N–H and O–H groups in total. The summed E-state index contributed by atoms with van der Waals surface area (Å²) < 4.78 is 9.99. The predicted molar refractivity (Wildman–Crippen MR) is 100 cm³/mol.